The molecule has 1 aliphatic heterocycles. The van der Waals surface area contributed by atoms with Gasteiger partial charge in [0.1, 0.15) is 6.54 Å². The smallest absolute Gasteiger partial charge is 0.393 e. The van der Waals surface area contributed by atoms with Gasteiger partial charge in [-0.05, 0) is 13.3 Å². The van der Waals surface area contributed by atoms with Crippen LogP contribution >= 0.6 is 0 Å². The number of amides is 2. The summed E-state index contributed by atoms with van der Waals surface area (Å²) in [6.45, 7) is 0.381. The van der Waals surface area contributed by atoms with E-state index in [1.165, 1.54) is 11.9 Å². The van der Waals surface area contributed by atoms with Crippen molar-refractivity contribution in [2.45, 2.75) is 32.0 Å². The minimum Gasteiger partial charge on any atom is -0.393 e. The molecule has 2 amide bonds. The molecule has 1 saturated heterocycles. The van der Waals surface area contributed by atoms with Gasteiger partial charge in [-0.3, -0.25) is 9.59 Å². The van der Waals surface area contributed by atoms with Crippen molar-refractivity contribution in [2.75, 3.05) is 26.7 Å². The average Bonchev–Trinajstić information content (AvgIpc) is 2.64. The summed E-state index contributed by atoms with van der Waals surface area (Å²) in [6, 6.07) is 0. The van der Waals surface area contributed by atoms with Crippen LogP contribution in [0.15, 0.2) is 0 Å². The number of halogens is 3. The lowest BCUT2D eigenvalue weighted by Gasteiger charge is -2.22. The summed E-state index contributed by atoms with van der Waals surface area (Å²) >= 11 is 0. The third kappa shape index (κ3) is 4.99. The van der Waals surface area contributed by atoms with Crippen molar-refractivity contribution >= 4 is 11.8 Å². The Morgan fingerprint density at radius 3 is 2.65 bits per heavy atom. The van der Waals surface area contributed by atoms with Crippen molar-refractivity contribution < 1.29 is 27.9 Å². The van der Waals surface area contributed by atoms with E-state index in [1.807, 2.05) is 0 Å². The molecular weight excluding hydrogens is 277 g/mol. The molecule has 5 nitrogen and oxygen atoms in total. The summed E-state index contributed by atoms with van der Waals surface area (Å²) in [5.74, 6) is -1.74. The Morgan fingerprint density at radius 1 is 1.55 bits per heavy atom. The normalized spacial score (nSPS) is 21.2. The number of likely N-dealkylation sites (tertiary alicyclic amines) is 1. The molecule has 0 aromatic heterocycles. The van der Waals surface area contributed by atoms with Gasteiger partial charge in [0.05, 0.1) is 12.0 Å². The van der Waals surface area contributed by atoms with Crippen molar-refractivity contribution in [2.24, 2.45) is 5.92 Å². The Bertz CT molecular complexity index is 371. The van der Waals surface area contributed by atoms with Crippen LogP contribution < -0.4 is 0 Å². The molecule has 1 N–H and O–H groups in total. The summed E-state index contributed by atoms with van der Waals surface area (Å²) < 4.78 is 36.8. The number of carbonyl (C=O) groups excluding carboxylic acids is 2. The van der Waals surface area contributed by atoms with Gasteiger partial charge in [-0.15, -0.1) is 0 Å². The van der Waals surface area contributed by atoms with Gasteiger partial charge in [0.2, 0.25) is 11.8 Å². The molecule has 1 rings (SSSR count). The SMILES string of the molecule is CC(O)CCN(C)C(=O)C1CC(=O)N(CC(F)(F)F)C1. The zero-order valence-electron chi connectivity index (χ0n) is 11.5. The Morgan fingerprint density at radius 2 is 2.15 bits per heavy atom. The molecule has 2 unspecified atom stereocenters. The van der Waals surface area contributed by atoms with Gasteiger partial charge in [-0.1, -0.05) is 0 Å². The second kappa shape index (κ2) is 6.43. The second-order valence-corrected chi connectivity index (χ2v) is 5.19. The number of rotatable bonds is 5. The van der Waals surface area contributed by atoms with Gasteiger partial charge >= 0.3 is 6.18 Å². The predicted molar refractivity (Wildman–Crippen MR) is 64.7 cm³/mol. The maximum Gasteiger partial charge on any atom is 0.406 e. The zero-order valence-corrected chi connectivity index (χ0v) is 11.5. The fourth-order valence-corrected chi connectivity index (χ4v) is 2.11. The van der Waals surface area contributed by atoms with Gasteiger partial charge in [0, 0.05) is 26.6 Å². The lowest BCUT2D eigenvalue weighted by atomic mass is 10.1. The number of carbonyl (C=O) groups is 2. The molecule has 0 aliphatic carbocycles. The fourth-order valence-electron chi connectivity index (χ4n) is 2.11. The molecule has 2 atom stereocenters. The summed E-state index contributed by atoms with van der Waals surface area (Å²) in [5.41, 5.74) is 0. The topological polar surface area (TPSA) is 60.9 Å². The number of aliphatic hydroxyl groups is 1. The number of aliphatic hydroxyl groups excluding tert-OH is 1. The van der Waals surface area contributed by atoms with Crippen LogP contribution in [0.5, 0.6) is 0 Å². The van der Waals surface area contributed by atoms with Gasteiger partial charge in [-0.25, -0.2) is 0 Å². The molecule has 116 valence electrons. The molecule has 1 fully saturated rings. The van der Waals surface area contributed by atoms with Crippen LogP contribution in [0.3, 0.4) is 0 Å². The average molecular weight is 296 g/mol. The van der Waals surface area contributed by atoms with E-state index in [1.54, 1.807) is 6.92 Å². The van der Waals surface area contributed by atoms with E-state index >= 15 is 0 Å². The third-order valence-corrected chi connectivity index (χ3v) is 3.19. The van der Waals surface area contributed by atoms with Crippen molar-refractivity contribution in [1.82, 2.24) is 9.80 Å². The lowest BCUT2D eigenvalue weighted by molar-refractivity contribution is -0.157. The lowest BCUT2D eigenvalue weighted by Crippen LogP contribution is -2.38. The molecule has 20 heavy (non-hydrogen) atoms. The number of hydrogen-bond donors (Lipinski definition) is 1. The Balaban J connectivity index is 2.53. The third-order valence-electron chi connectivity index (χ3n) is 3.19. The molecular formula is C12H19F3N2O3. The van der Waals surface area contributed by atoms with Crippen molar-refractivity contribution in [1.29, 1.82) is 0 Å². The Hall–Kier alpha value is -1.31. The molecule has 1 heterocycles. The molecule has 0 bridgehead atoms. The van der Waals surface area contributed by atoms with Crippen molar-refractivity contribution in [3.8, 4) is 0 Å². The summed E-state index contributed by atoms with van der Waals surface area (Å²) in [4.78, 5) is 25.5. The van der Waals surface area contributed by atoms with E-state index in [0.29, 0.717) is 17.9 Å². The highest BCUT2D eigenvalue weighted by Gasteiger charge is 2.41. The number of alkyl halides is 3. The first-order chi connectivity index (χ1) is 9.10. The van der Waals surface area contributed by atoms with E-state index in [2.05, 4.69) is 0 Å². The van der Waals surface area contributed by atoms with Crippen molar-refractivity contribution in [3.63, 3.8) is 0 Å². The van der Waals surface area contributed by atoms with E-state index in [9.17, 15) is 22.8 Å². The van der Waals surface area contributed by atoms with Crippen LogP contribution in [0.1, 0.15) is 19.8 Å². The maximum absolute atomic E-state index is 12.3. The molecule has 1 aliphatic rings. The molecule has 0 spiro atoms. The number of hydrogen-bond acceptors (Lipinski definition) is 3. The van der Waals surface area contributed by atoms with Gasteiger partial charge < -0.3 is 14.9 Å². The predicted octanol–water partition coefficient (Wildman–Crippen LogP) is 0.626. The summed E-state index contributed by atoms with van der Waals surface area (Å²) in [5, 5.41) is 9.13. The van der Waals surface area contributed by atoms with E-state index in [-0.39, 0.29) is 18.9 Å². The maximum atomic E-state index is 12.3. The molecule has 8 heteroatoms. The number of nitrogens with zero attached hydrogens (tertiary/aromatic N) is 2. The van der Waals surface area contributed by atoms with Crippen LogP contribution in [0.25, 0.3) is 0 Å². The highest BCUT2D eigenvalue weighted by atomic mass is 19.4. The first-order valence-corrected chi connectivity index (χ1v) is 6.37. The summed E-state index contributed by atoms with van der Waals surface area (Å²) in [7, 11) is 1.52. The van der Waals surface area contributed by atoms with E-state index < -0.39 is 30.7 Å². The van der Waals surface area contributed by atoms with Crippen LogP contribution in [-0.4, -0.2) is 65.7 Å². The molecule has 0 aromatic rings. The van der Waals surface area contributed by atoms with Crippen molar-refractivity contribution in [3.05, 3.63) is 0 Å². The van der Waals surface area contributed by atoms with E-state index in [0.717, 1.165) is 0 Å². The Labute approximate surface area is 115 Å². The largest absolute Gasteiger partial charge is 0.406 e. The van der Waals surface area contributed by atoms with Crippen LogP contribution in [0.4, 0.5) is 13.2 Å². The molecule has 0 aromatic carbocycles. The monoisotopic (exact) mass is 296 g/mol. The minimum atomic E-state index is -4.45. The second-order valence-electron chi connectivity index (χ2n) is 5.19. The summed E-state index contributed by atoms with van der Waals surface area (Å²) in [6.07, 6.45) is -4.81. The highest BCUT2D eigenvalue weighted by molar-refractivity contribution is 5.89. The standard InChI is InChI=1S/C12H19F3N2O3/c1-8(18)3-4-16(2)11(20)9-5-10(19)17(6-9)7-12(13,14)15/h8-9,18H,3-7H2,1-2H3. The van der Waals surface area contributed by atoms with Crippen LogP contribution in [0, 0.1) is 5.92 Å². The minimum absolute atomic E-state index is 0.187. The molecule has 0 saturated carbocycles. The van der Waals surface area contributed by atoms with E-state index in [4.69, 9.17) is 5.11 Å². The zero-order chi connectivity index (χ0) is 15.5. The molecule has 0 radical (unpaired) electrons. The first-order valence-electron chi connectivity index (χ1n) is 6.37. The van der Waals surface area contributed by atoms with Gasteiger partial charge in [0.15, 0.2) is 0 Å². The fraction of sp³-hybridized carbons (Fsp3) is 0.833. The Kier molecular flexibility index (Phi) is 5.38. The first kappa shape index (κ1) is 16.7. The van der Waals surface area contributed by atoms with Gasteiger partial charge in [-0.2, -0.15) is 13.2 Å². The van der Waals surface area contributed by atoms with Crippen LogP contribution in [0.2, 0.25) is 0 Å². The van der Waals surface area contributed by atoms with Crippen LogP contribution in [-0.2, 0) is 9.59 Å². The quantitative estimate of drug-likeness (QED) is 0.809. The van der Waals surface area contributed by atoms with Gasteiger partial charge in [0.25, 0.3) is 0 Å². The highest BCUT2D eigenvalue weighted by Crippen LogP contribution is 2.24.